The third kappa shape index (κ3) is 3.53. The zero-order valence-electron chi connectivity index (χ0n) is 9.07. The molecule has 1 rings (SSSR count). The molecule has 0 atom stereocenters. The number of hydrogen-bond donors (Lipinski definition) is 2. The van der Waals surface area contributed by atoms with Crippen LogP contribution < -0.4 is 12.4 Å². The first-order valence-electron chi connectivity index (χ1n) is 4.13. The molecule has 2 N–H and O–H groups in total. The summed E-state index contributed by atoms with van der Waals surface area (Å²) in [7, 11) is -10.1. The van der Waals surface area contributed by atoms with E-state index in [1.165, 1.54) is 6.92 Å². The summed E-state index contributed by atoms with van der Waals surface area (Å²) in [4.78, 5) is 0.0143. The number of nitrogens with zero attached hydrogens (tertiary/aromatic N) is 2. The number of hydrogen-bond acceptors (Lipinski definition) is 5. The minimum absolute atomic E-state index is 0. The van der Waals surface area contributed by atoms with Crippen molar-refractivity contribution < 1.29 is 38.3 Å². The Labute approximate surface area is 119 Å². The van der Waals surface area contributed by atoms with Crippen LogP contribution in [0.3, 0.4) is 0 Å². The third-order valence-corrected chi connectivity index (χ3v) is 4.54. The second kappa shape index (κ2) is 5.58. The molecule has 0 aliphatic rings. The minimum atomic E-state index is -5.08. The van der Waals surface area contributed by atoms with Crippen molar-refractivity contribution in [2.45, 2.75) is 16.7 Å². The van der Waals surface area contributed by atoms with Crippen molar-refractivity contribution in [1.29, 1.82) is 5.39 Å². The van der Waals surface area contributed by atoms with Crippen LogP contribution in [0.2, 0.25) is 5.02 Å². The standard InChI is InChI=1S/C7H5ClN2O6S2.ClH/c1-3-2-4(10-9)6(17(11,12)13)7(5(3)8)18(14,15)16;/h2H,1H3,(H-,11,12,13,14,15,16);1H. The molecule has 0 heterocycles. The number of aryl methyl sites for hydroxylation is 1. The highest BCUT2D eigenvalue weighted by Crippen LogP contribution is 2.38. The van der Waals surface area contributed by atoms with Gasteiger partial charge in [-0.1, -0.05) is 11.6 Å². The fourth-order valence-corrected chi connectivity index (χ4v) is 3.84. The Balaban J connectivity index is 0.00000324. The van der Waals surface area contributed by atoms with Gasteiger partial charge in [0.05, 0.1) is 5.02 Å². The van der Waals surface area contributed by atoms with E-state index in [1.807, 2.05) is 0 Å². The van der Waals surface area contributed by atoms with Crippen molar-refractivity contribution >= 4 is 37.5 Å². The minimum Gasteiger partial charge on any atom is -1.00 e. The van der Waals surface area contributed by atoms with Crippen molar-refractivity contribution in [3.8, 4) is 0 Å². The van der Waals surface area contributed by atoms with E-state index in [0.29, 0.717) is 0 Å². The predicted molar refractivity (Wildman–Crippen MR) is 60.6 cm³/mol. The van der Waals surface area contributed by atoms with Crippen molar-refractivity contribution in [2.24, 2.45) is 0 Å². The van der Waals surface area contributed by atoms with Gasteiger partial charge in [-0.25, -0.2) is 0 Å². The van der Waals surface area contributed by atoms with Crippen LogP contribution in [0.5, 0.6) is 0 Å². The van der Waals surface area contributed by atoms with E-state index in [4.69, 9.17) is 26.1 Å². The van der Waals surface area contributed by atoms with Gasteiger partial charge in [0.15, 0.2) is 4.98 Å². The molecular weight excluding hydrogens is 343 g/mol. The lowest BCUT2D eigenvalue weighted by molar-refractivity contribution is -0.0000121. The molecule has 0 saturated carbocycles. The number of benzene rings is 1. The predicted octanol–water partition coefficient (Wildman–Crippen LogP) is -1.37. The summed E-state index contributed by atoms with van der Waals surface area (Å²) in [5.41, 5.74) is -0.725. The quantitative estimate of drug-likeness (QED) is 0.496. The van der Waals surface area contributed by atoms with E-state index in [-0.39, 0.29) is 18.0 Å². The maximum Gasteiger partial charge on any atom is 0.407 e. The lowest BCUT2D eigenvalue weighted by atomic mass is 10.2. The van der Waals surface area contributed by atoms with Crippen LogP contribution >= 0.6 is 11.6 Å². The molecule has 0 radical (unpaired) electrons. The van der Waals surface area contributed by atoms with E-state index in [9.17, 15) is 16.8 Å². The molecule has 0 saturated heterocycles. The van der Waals surface area contributed by atoms with Gasteiger partial charge in [0.2, 0.25) is 10.3 Å². The highest BCUT2D eigenvalue weighted by molar-refractivity contribution is 7.89. The lowest BCUT2D eigenvalue weighted by Crippen LogP contribution is -3.00. The lowest BCUT2D eigenvalue weighted by Gasteiger charge is -2.06. The summed E-state index contributed by atoms with van der Waals surface area (Å²) in [5.74, 6) is 0. The summed E-state index contributed by atoms with van der Waals surface area (Å²) < 4.78 is 62.3. The first-order valence-corrected chi connectivity index (χ1v) is 7.39. The molecule has 0 amide bonds. The summed E-state index contributed by atoms with van der Waals surface area (Å²) in [6.45, 7) is 1.29. The van der Waals surface area contributed by atoms with E-state index < -0.39 is 40.7 Å². The Hall–Kier alpha value is -0.960. The van der Waals surface area contributed by atoms with Gasteiger partial charge in [-0.05, 0) is 12.5 Å². The van der Waals surface area contributed by atoms with Crippen LogP contribution in [0.4, 0.5) is 5.69 Å². The highest BCUT2D eigenvalue weighted by Gasteiger charge is 2.37. The van der Waals surface area contributed by atoms with Crippen LogP contribution in [-0.2, 0) is 20.2 Å². The van der Waals surface area contributed by atoms with Gasteiger partial charge in [-0.15, -0.1) is 0 Å². The van der Waals surface area contributed by atoms with Crippen LogP contribution in [0.25, 0.3) is 4.98 Å². The molecule has 1 aromatic carbocycles. The second-order valence-electron chi connectivity index (χ2n) is 3.23. The fraction of sp³-hybridized carbons (Fsp3) is 0.143. The van der Waals surface area contributed by atoms with Gasteiger partial charge >= 0.3 is 15.8 Å². The molecule has 1 aromatic rings. The van der Waals surface area contributed by atoms with Gasteiger partial charge in [-0.3, -0.25) is 9.11 Å². The van der Waals surface area contributed by atoms with E-state index >= 15 is 0 Å². The molecule has 106 valence electrons. The maximum absolute atomic E-state index is 11.1. The summed E-state index contributed by atoms with van der Waals surface area (Å²) in [5, 5.41) is 8.02. The van der Waals surface area contributed by atoms with Crippen LogP contribution in [0, 0.1) is 12.3 Å². The number of diazo groups is 1. The van der Waals surface area contributed by atoms with Crippen molar-refractivity contribution in [3.05, 3.63) is 21.6 Å². The van der Waals surface area contributed by atoms with Gasteiger partial charge in [0, 0.05) is 6.07 Å². The largest absolute Gasteiger partial charge is 1.00 e. The average molecular weight is 349 g/mol. The van der Waals surface area contributed by atoms with Crippen molar-refractivity contribution in [2.75, 3.05) is 0 Å². The summed E-state index contributed by atoms with van der Waals surface area (Å²) in [6.07, 6.45) is 0. The van der Waals surface area contributed by atoms with E-state index in [0.717, 1.165) is 6.07 Å². The molecule has 0 unspecified atom stereocenters. The first kappa shape index (κ1) is 18.0. The van der Waals surface area contributed by atoms with Crippen LogP contribution in [0.1, 0.15) is 5.56 Å². The van der Waals surface area contributed by atoms with Gasteiger partial charge < -0.3 is 12.4 Å². The van der Waals surface area contributed by atoms with Crippen LogP contribution in [0.15, 0.2) is 15.9 Å². The highest BCUT2D eigenvalue weighted by atomic mass is 35.5. The van der Waals surface area contributed by atoms with Gasteiger partial charge in [0.1, 0.15) is 4.90 Å². The first-order chi connectivity index (χ1) is 8.00. The fourth-order valence-electron chi connectivity index (χ4n) is 1.28. The molecule has 0 aliphatic heterocycles. The zero-order valence-corrected chi connectivity index (χ0v) is 12.2. The second-order valence-corrected chi connectivity index (χ2v) is 6.33. The Kier molecular flexibility index (Phi) is 5.29. The molecule has 12 heteroatoms. The molecule has 0 spiro atoms. The zero-order chi connectivity index (χ0) is 14.3. The molecular formula is C7H6Cl2N2O6S2. The summed E-state index contributed by atoms with van der Waals surface area (Å²) in [6, 6.07) is 0.931. The summed E-state index contributed by atoms with van der Waals surface area (Å²) >= 11 is 5.58. The molecule has 0 aliphatic carbocycles. The maximum atomic E-state index is 11.1. The van der Waals surface area contributed by atoms with Crippen molar-refractivity contribution in [1.82, 2.24) is 0 Å². The number of halogens is 2. The molecule has 0 aromatic heterocycles. The monoisotopic (exact) mass is 348 g/mol. The average Bonchev–Trinajstić information content (AvgIpc) is 2.17. The van der Waals surface area contributed by atoms with E-state index in [2.05, 4.69) is 4.98 Å². The topological polar surface area (TPSA) is 137 Å². The Bertz CT molecular complexity index is 766. The van der Waals surface area contributed by atoms with Crippen molar-refractivity contribution in [3.63, 3.8) is 0 Å². The Morgan fingerprint density at radius 3 is 1.89 bits per heavy atom. The smallest absolute Gasteiger partial charge is 0.407 e. The molecule has 8 nitrogen and oxygen atoms in total. The van der Waals surface area contributed by atoms with Gasteiger partial charge in [-0.2, -0.15) is 16.8 Å². The molecule has 0 fully saturated rings. The SMILES string of the molecule is Cc1cc([N+]#N)c(S(=O)(=O)O)c(S(=O)(=O)O)c1Cl.[Cl-]. The third-order valence-electron chi connectivity index (χ3n) is 1.96. The Morgan fingerprint density at radius 2 is 1.58 bits per heavy atom. The van der Waals surface area contributed by atoms with Crippen LogP contribution in [-0.4, -0.2) is 25.9 Å². The molecule has 0 bridgehead atoms. The van der Waals surface area contributed by atoms with E-state index in [1.54, 1.807) is 0 Å². The number of rotatable bonds is 2. The molecule has 19 heavy (non-hydrogen) atoms. The van der Waals surface area contributed by atoms with Gasteiger partial charge in [0.25, 0.3) is 10.1 Å². The normalized spacial score (nSPS) is 11.5. The Morgan fingerprint density at radius 1 is 1.16 bits per heavy atom.